The third kappa shape index (κ3) is 1.22. The zero-order chi connectivity index (χ0) is 10.1. The summed E-state index contributed by atoms with van der Waals surface area (Å²) in [7, 11) is 0. The van der Waals surface area contributed by atoms with Crippen molar-refractivity contribution in [2.24, 2.45) is 0 Å². The Kier molecular flexibility index (Phi) is 2.10. The molecule has 0 aliphatic carbocycles. The average Bonchev–Trinajstić information content (AvgIpc) is 2.20. The van der Waals surface area contributed by atoms with E-state index in [-0.39, 0.29) is 22.1 Å². The maximum atomic E-state index is 9.46. The van der Waals surface area contributed by atoms with Gasteiger partial charge in [0.1, 0.15) is 24.8 Å². The number of benzene rings is 1. The highest BCUT2D eigenvalue weighted by atomic mass is 35.5. The van der Waals surface area contributed by atoms with Gasteiger partial charge in [0.15, 0.2) is 17.2 Å². The normalized spacial score (nSPS) is 13.4. The second kappa shape index (κ2) is 3.28. The highest BCUT2D eigenvalue weighted by molar-refractivity contribution is 6.32. The molecule has 0 aromatic heterocycles. The van der Waals surface area contributed by atoms with E-state index in [4.69, 9.17) is 26.3 Å². The number of hydrogen-bond acceptors (Lipinski definition) is 4. The van der Waals surface area contributed by atoms with E-state index < -0.39 is 0 Å². The van der Waals surface area contributed by atoms with Crippen LogP contribution in [-0.4, -0.2) is 18.3 Å². The molecule has 0 saturated carbocycles. The number of phenols is 1. The fraction of sp³-hybridized carbons (Fsp3) is 0.222. The van der Waals surface area contributed by atoms with Crippen molar-refractivity contribution in [3.8, 4) is 23.3 Å². The lowest BCUT2D eigenvalue weighted by Crippen LogP contribution is -2.16. The topological polar surface area (TPSA) is 62.5 Å². The van der Waals surface area contributed by atoms with Gasteiger partial charge in [0.2, 0.25) is 0 Å². The van der Waals surface area contributed by atoms with Crippen molar-refractivity contribution < 1.29 is 14.6 Å². The predicted molar refractivity (Wildman–Crippen MR) is 48.8 cm³/mol. The zero-order valence-electron chi connectivity index (χ0n) is 7.08. The summed E-state index contributed by atoms with van der Waals surface area (Å²) in [5.41, 5.74) is 0.0206. The zero-order valence-corrected chi connectivity index (χ0v) is 7.84. The highest BCUT2D eigenvalue weighted by Gasteiger charge is 2.21. The molecule has 1 aliphatic rings. The summed E-state index contributed by atoms with van der Waals surface area (Å²) in [6, 6.07) is 3.26. The molecule has 1 aromatic carbocycles. The van der Waals surface area contributed by atoms with E-state index in [9.17, 15) is 5.11 Å². The summed E-state index contributed by atoms with van der Waals surface area (Å²) in [6.45, 7) is 0.779. The Morgan fingerprint density at radius 2 is 2.14 bits per heavy atom. The molecule has 0 radical (unpaired) electrons. The lowest BCUT2D eigenvalue weighted by molar-refractivity contribution is 0.170. The van der Waals surface area contributed by atoms with Crippen LogP contribution in [0.5, 0.6) is 17.2 Å². The third-order valence-electron chi connectivity index (χ3n) is 1.87. The second-order valence-electron chi connectivity index (χ2n) is 2.72. The van der Waals surface area contributed by atoms with Gasteiger partial charge in [-0.05, 0) is 0 Å². The maximum Gasteiger partial charge on any atom is 0.183 e. The smallest absolute Gasteiger partial charge is 0.183 e. The van der Waals surface area contributed by atoms with Gasteiger partial charge in [-0.3, -0.25) is 0 Å². The average molecular weight is 212 g/mol. The summed E-state index contributed by atoms with van der Waals surface area (Å²) in [5.74, 6) is 0.398. The van der Waals surface area contributed by atoms with Gasteiger partial charge in [0.05, 0.1) is 5.02 Å². The predicted octanol–water partition coefficient (Wildman–Crippen LogP) is 1.69. The van der Waals surface area contributed by atoms with Gasteiger partial charge in [-0.2, -0.15) is 5.26 Å². The van der Waals surface area contributed by atoms with Crippen molar-refractivity contribution in [3.63, 3.8) is 0 Å². The Morgan fingerprint density at radius 3 is 2.86 bits per heavy atom. The van der Waals surface area contributed by atoms with Crippen LogP contribution in [0.15, 0.2) is 6.07 Å². The van der Waals surface area contributed by atoms with Crippen molar-refractivity contribution in [2.75, 3.05) is 13.2 Å². The molecule has 1 N–H and O–H groups in total. The van der Waals surface area contributed by atoms with Gasteiger partial charge in [-0.15, -0.1) is 0 Å². The van der Waals surface area contributed by atoms with Crippen LogP contribution in [-0.2, 0) is 0 Å². The number of aromatic hydroxyl groups is 1. The fourth-order valence-corrected chi connectivity index (χ4v) is 1.44. The summed E-state index contributed by atoms with van der Waals surface area (Å²) >= 11 is 5.69. The Morgan fingerprint density at radius 1 is 1.43 bits per heavy atom. The number of nitriles is 1. The number of phenolic OH excluding ortho intramolecular Hbond substituents is 1. The van der Waals surface area contributed by atoms with Gasteiger partial charge in [-0.1, -0.05) is 11.6 Å². The number of rotatable bonds is 0. The van der Waals surface area contributed by atoms with E-state index in [1.165, 1.54) is 6.07 Å². The van der Waals surface area contributed by atoms with Crippen LogP contribution in [0, 0.1) is 11.3 Å². The second-order valence-corrected chi connectivity index (χ2v) is 3.13. The highest BCUT2D eigenvalue weighted by Crippen LogP contribution is 2.42. The Labute approximate surface area is 85.2 Å². The molecule has 0 amide bonds. The molecule has 0 bridgehead atoms. The van der Waals surface area contributed by atoms with Crippen LogP contribution in [0.3, 0.4) is 0 Å². The molecular weight excluding hydrogens is 206 g/mol. The number of nitrogens with zero attached hydrogens (tertiary/aromatic N) is 1. The van der Waals surface area contributed by atoms with Crippen LogP contribution in [0.1, 0.15) is 5.56 Å². The molecule has 14 heavy (non-hydrogen) atoms. The molecule has 0 atom stereocenters. The maximum absolute atomic E-state index is 9.46. The minimum atomic E-state index is -0.265. The van der Waals surface area contributed by atoms with Gasteiger partial charge < -0.3 is 14.6 Å². The van der Waals surface area contributed by atoms with E-state index >= 15 is 0 Å². The molecule has 5 heteroatoms. The lowest BCUT2D eigenvalue weighted by atomic mass is 10.1. The summed E-state index contributed by atoms with van der Waals surface area (Å²) < 4.78 is 10.4. The van der Waals surface area contributed by atoms with E-state index in [1.54, 1.807) is 0 Å². The third-order valence-corrected chi connectivity index (χ3v) is 2.16. The molecule has 72 valence electrons. The van der Waals surface area contributed by atoms with E-state index in [2.05, 4.69) is 0 Å². The quantitative estimate of drug-likeness (QED) is 0.709. The van der Waals surface area contributed by atoms with Gasteiger partial charge >= 0.3 is 0 Å². The molecule has 0 fully saturated rings. The van der Waals surface area contributed by atoms with E-state index in [0.717, 1.165) is 0 Å². The van der Waals surface area contributed by atoms with Crippen molar-refractivity contribution >= 4 is 11.6 Å². The number of ether oxygens (including phenoxy) is 2. The molecule has 1 aliphatic heterocycles. The Balaban J connectivity index is 2.67. The first kappa shape index (κ1) is 8.97. The monoisotopic (exact) mass is 211 g/mol. The lowest BCUT2D eigenvalue weighted by Gasteiger charge is -2.19. The van der Waals surface area contributed by atoms with Crippen molar-refractivity contribution in [3.05, 3.63) is 16.7 Å². The first-order valence-electron chi connectivity index (χ1n) is 3.95. The van der Waals surface area contributed by atoms with Gasteiger partial charge in [-0.25, -0.2) is 0 Å². The van der Waals surface area contributed by atoms with E-state index in [0.29, 0.717) is 19.0 Å². The van der Waals surface area contributed by atoms with Crippen molar-refractivity contribution in [1.82, 2.24) is 0 Å². The molecule has 4 nitrogen and oxygen atoms in total. The van der Waals surface area contributed by atoms with Gasteiger partial charge in [0.25, 0.3) is 0 Å². The van der Waals surface area contributed by atoms with Crippen molar-refractivity contribution in [2.45, 2.75) is 0 Å². The summed E-state index contributed by atoms with van der Waals surface area (Å²) in [4.78, 5) is 0. The molecule has 0 saturated heterocycles. The minimum Gasteiger partial charge on any atom is -0.505 e. The Hall–Kier alpha value is -1.60. The van der Waals surface area contributed by atoms with Crippen LogP contribution in [0.4, 0.5) is 0 Å². The molecule has 2 rings (SSSR count). The van der Waals surface area contributed by atoms with E-state index in [1.807, 2.05) is 6.07 Å². The molecule has 1 heterocycles. The molecular formula is C9H6ClNO3. The van der Waals surface area contributed by atoms with Gasteiger partial charge in [0, 0.05) is 6.07 Å². The summed E-state index contributed by atoms with van der Waals surface area (Å²) in [5, 5.41) is 18.3. The molecule has 1 aromatic rings. The number of halogens is 1. The largest absolute Gasteiger partial charge is 0.505 e. The summed E-state index contributed by atoms with van der Waals surface area (Å²) in [6.07, 6.45) is 0. The Bertz CT molecular complexity index is 425. The van der Waals surface area contributed by atoms with Crippen LogP contribution >= 0.6 is 11.6 Å². The first-order chi connectivity index (χ1) is 6.74. The van der Waals surface area contributed by atoms with Crippen molar-refractivity contribution in [1.29, 1.82) is 5.26 Å². The van der Waals surface area contributed by atoms with Crippen LogP contribution in [0.25, 0.3) is 0 Å². The first-order valence-corrected chi connectivity index (χ1v) is 4.33. The SMILES string of the molecule is N#Cc1c(O)c(Cl)cc2c1OCCO2. The fourth-order valence-electron chi connectivity index (χ4n) is 1.25. The number of hydrogen-bond donors (Lipinski definition) is 1. The minimum absolute atomic E-state index is 0.0206. The molecule has 0 spiro atoms. The van der Waals surface area contributed by atoms with Crippen LogP contribution in [0.2, 0.25) is 5.02 Å². The van der Waals surface area contributed by atoms with Crippen LogP contribution < -0.4 is 9.47 Å². The standard InChI is InChI=1S/C9H6ClNO3/c10-6-3-7-9(14-2-1-13-7)5(4-11)8(6)12/h3,12H,1-2H2. The molecule has 0 unspecified atom stereocenters. The number of fused-ring (bicyclic) bond motifs is 1.